The maximum Gasteiger partial charge on any atom is 0.390 e. The number of aryl methyl sites for hydroxylation is 1. The molecule has 2 N–H and O–H groups in total. The van der Waals surface area contributed by atoms with Gasteiger partial charge < -0.3 is 24.8 Å². The van der Waals surface area contributed by atoms with Crippen LogP contribution in [-0.4, -0.2) is 47.8 Å². The van der Waals surface area contributed by atoms with Gasteiger partial charge in [0.2, 0.25) is 6.41 Å². The van der Waals surface area contributed by atoms with Crippen LogP contribution in [-0.2, 0) is 9.53 Å². The van der Waals surface area contributed by atoms with E-state index in [0.29, 0.717) is 11.1 Å². The number of allylic oxidation sites excluding steroid dienone is 4. The first-order chi connectivity index (χ1) is 21.1. The molecule has 0 atom stereocenters. The Labute approximate surface area is 263 Å². The van der Waals surface area contributed by atoms with Crippen LogP contribution in [0.4, 0.5) is 13.2 Å². The van der Waals surface area contributed by atoms with Crippen molar-refractivity contribution in [2.45, 2.75) is 72.6 Å². The second-order valence-electron chi connectivity index (χ2n) is 11.2. The summed E-state index contributed by atoms with van der Waals surface area (Å²) in [4.78, 5) is 23.2. The Morgan fingerprint density at radius 3 is 2.33 bits per heavy atom. The van der Waals surface area contributed by atoms with Crippen LogP contribution in [0.25, 0.3) is 11.3 Å². The average molecular weight is 629 g/mol. The van der Waals surface area contributed by atoms with E-state index in [4.69, 9.17) is 9.47 Å². The predicted octanol–water partition coefficient (Wildman–Crippen LogP) is 8.49. The summed E-state index contributed by atoms with van der Waals surface area (Å²) in [5, 5.41) is 11.4. The van der Waals surface area contributed by atoms with Gasteiger partial charge in [-0.05, 0) is 76.4 Å². The number of methoxy groups -OCH3 is 1. The largest absolute Gasteiger partial charge is 0.496 e. The number of aromatic carboxylic acids is 1. The van der Waals surface area contributed by atoms with Gasteiger partial charge in [-0.1, -0.05) is 49.8 Å². The first kappa shape index (κ1) is 36.7. The quantitative estimate of drug-likeness (QED) is 0.192. The van der Waals surface area contributed by atoms with E-state index >= 15 is 0 Å². The number of amides is 1. The lowest BCUT2D eigenvalue weighted by molar-refractivity contribution is -0.134. The fourth-order valence-electron chi connectivity index (χ4n) is 4.48. The van der Waals surface area contributed by atoms with Crippen LogP contribution >= 0.6 is 0 Å². The summed E-state index contributed by atoms with van der Waals surface area (Å²) in [7, 11) is 1.67. The summed E-state index contributed by atoms with van der Waals surface area (Å²) in [6.45, 7) is 11.8. The molecule has 0 spiro atoms. The second-order valence-corrected chi connectivity index (χ2v) is 11.2. The number of carboxylic acids is 1. The number of alkyl halides is 3. The summed E-state index contributed by atoms with van der Waals surface area (Å²) in [6.07, 6.45) is 5.43. The molecule has 1 amide bonds. The molecule has 2 aromatic carbocycles. The molecule has 0 radical (unpaired) electrons. The highest BCUT2D eigenvalue weighted by atomic mass is 19.4. The smallest absolute Gasteiger partial charge is 0.390 e. The van der Waals surface area contributed by atoms with Crippen molar-refractivity contribution in [2.75, 3.05) is 13.7 Å². The Balaban J connectivity index is 0.000000681. The van der Waals surface area contributed by atoms with Gasteiger partial charge in [0, 0.05) is 29.6 Å². The first-order valence-electron chi connectivity index (χ1n) is 14.7. The third kappa shape index (κ3) is 11.2. The van der Waals surface area contributed by atoms with Gasteiger partial charge in [0.25, 0.3) is 0 Å². The number of hydrogen-bond donors (Lipinski definition) is 2. The number of carboxylic acid groups (broad SMARTS) is 1. The standard InChI is InChI=1S/C31H37NO4.C4H6F3NO/c1-8-10-14-27-29(36-31(4,5)6)19-23(25-13-11-12-15-28(25)35-7)20-32(27)26(9-2)22-16-17-24(30(33)34)21(3)18-22;5-4(6,7)1-2-8-3-9/h9,11-20H,8,10H2,1-7H3,(H,33,34);3H,1-2H2,(H,8,9)/b26-9-,27-14+;. The molecule has 0 saturated carbocycles. The van der Waals surface area contributed by atoms with E-state index in [1.807, 2.05) is 82.4 Å². The zero-order valence-electron chi connectivity index (χ0n) is 26.9. The van der Waals surface area contributed by atoms with Gasteiger partial charge in [0.05, 0.1) is 24.8 Å². The van der Waals surface area contributed by atoms with Crippen molar-refractivity contribution in [3.63, 3.8) is 0 Å². The number of nitrogens with zero attached hydrogens (tertiary/aromatic N) is 1. The van der Waals surface area contributed by atoms with Crippen molar-refractivity contribution in [3.05, 3.63) is 101 Å². The molecule has 3 rings (SSSR count). The fraction of sp³-hybridized carbons (Fsp3) is 0.371. The minimum atomic E-state index is -4.17. The average Bonchev–Trinajstić information content (AvgIpc) is 2.96. The molecule has 1 aliphatic heterocycles. The third-order valence-electron chi connectivity index (χ3n) is 6.45. The topological polar surface area (TPSA) is 88.1 Å². The Morgan fingerprint density at radius 2 is 1.80 bits per heavy atom. The molecule has 7 nitrogen and oxygen atoms in total. The van der Waals surface area contributed by atoms with Crippen molar-refractivity contribution in [2.24, 2.45) is 0 Å². The van der Waals surface area contributed by atoms with Gasteiger partial charge >= 0.3 is 12.1 Å². The van der Waals surface area contributed by atoms with Gasteiger partial charge in [-0.25, -0.2) is 4.79 Å². The molecular formula is C35H43F3N2O5. The molecule has 0 aromatic heterocycles. The number of nitrogens with one attached hydrogen (secondary N) is 1. The van der Waals surface area contributed by atoms with Crippen molar-refractivity contribution in [1.82, 2.24) is 10.2 Å². The van der Waals surface area contributed by atoms with E-state index in [0.717, 1.165) is 52.4 Å². The number of hydrogen-bond acceptors (Lipinski definition) is 5. The lowest BCUT2D eigenvalue weighted by atomic mass is 9.97. The van der Waals surface area contributed by atoms with E-state index in [-0.39, 0.29) is 13.0 Å². The fourth-order valence-corrected chi connectivity index (χ4v) is 4.48. The molecule has 0 saturated heterocycles. The summed E-state index contributed by atoms with van der Waals surface area (Å²) < 4.78 is 45.9. The van der Waals surface area contributed by atoms with Crippen LogP contribution in [0.1, 0.15) is 80.9 Å². The molecule has 0 aliphatic carbocycles. The van der Waals surface area contributed by atoms with E-state index < -0.39 is 24.2 Å². The number of carbonyl (C=O) groups is 2. The number of carbonyl (C=O) groups excluding carboxylic acids is 1. The van der Waals surface area contributed by atoms with Crippen molar-refractivity contribution in [1.29, 1.82) is 0 Å². The van der Waals surface area contributed by atoms with Crippen LogP contribution in [0.15, 0.2) is 78.3 Å². The van der Waals surface area contributed by atoms with Gasteiger partial charge in [-0.15, -0.1) is 0 Å². The number of para-hydroxylation sites is 1. The highest BCUT2D eigenvalue weighted by Crippen LogP contribution is 2.40. The molecule has 0 fully saturated rings. The molecule has 1 heterocycles. The van der Waals surface area contributed by atoms with Crippen LogP contribution < -0.4 is 10.1 Å². The van der Waals surface area contributed by atoms with Gasteiger partial charge in [0.1, 0.15) is 17.1 Å². The zero-order valence-corrected chi connectivity index (χ0v) is 26.9. The second kappa shape index (κ2) is 16.6. The van der Waals surface area contributed by atoms with Crippen molar-refractivity contribution >= 4 is 23.6 Å². The first-order valence-corrected chi connectivity index (χ1v) is 14.7. The van der Waals surface area contributed by atoms with Crippen molar-refractivity contribution in [3.8, 4) is 5.75 Å². The van der Waals surface area contributed by atoms with E-state index in [9.17, 15) is 27.9 Å². The lowest BCUT2D eigenvalue weighted by Crippen LogP contribution is -2.27. The summed E-state index contributed by atoms with van der Waals surface area (Å²) in [6, 6.07) is 13.4. The highest BCUT2D eigenvalue weighted by molar-refractivity contribution is 5.90. The molecule has 10 heteroatoms. The summed E-state index contributed by atoms with van der Waals surface area (Å²) in [5.74, 6) is 0.627. The maximum absolute atomic E-state index is 11.6. The Kier molecular flexibility index (Phi) is 13.5. The van der Waals surface area contributed by atoms with Gasteiger partial charge in [-0.3, -0.25) is 4.79 Å². The third-order valence-corrected chi connectivity index (χ3v) is 6.45. The highest BCUT2D eigenvalue weighted by Gasteiger charge is 2.28. The van der Waals surface area contributed by atoms with Crippen LogP contribution in [0.5, 0.6) is 5.75 Å². The van der Waals surface area contributed by atoms with Gasteiger partial charge in [-0.2, -0.15) is 13.2 Å². The SMILES string of the molecule is C/C=C(/c1ccc(C(=O)O)c(C)c1)N1C=C(c2ccccc2OC)C=C(OC(C)(C)C)/C1=C\CCC.O=CNCCC(F)(F)F. The number of halogens is 3. The molecular weight excluding hydrogens is 585 g/mol. The Hall–Kier alpha value is -4.47. The predicted molar refractivity (Wildman–Crippen MR) is 171 cm³/mol. The summed E-state index contributed by atoms with van der Waals surface area (Å²) in [5.41, 5.74) is 5.35. The van der Waals surface area contributed by atoms with Crippen LogP contribution in [0.2, 0.25) is 0 Å². The minimum absolute atomic E-state index is 0.242. The lowest BCUT2D eigenvalue weighted by Gasteiger charge is -2.35. The minimum Gasteiger partial charge on any atom is -0.496 e. The van der Waals surface area contributed by atoms with Crippen LogP contribution in [0.3, 0.4) is 0 Å². The van der Waals surface area contributed by atoms with Gasteiger partial charge in [0.15, 0.2) is 0 Å². The molecule has 2 aromatic rings. The van der Waals surface area contributed by atoms with E-state index in [1.165, 1.54) is 0 Å². The van der Waals surface area contributed by atoms with Crippen molar-refractivity contribution < 1.29 is 37.3 Å². The number of rotatable bonds is 11. The number of benzene rings is 2. The monoisotopic (exact) mass is 628 g/mol. The Bertz CT molecular complexity index is 1450. The van der Waals surface area contributed by atoms with Crippen LogP contribution in [0, 0.1) is 6.92 Å². The normalized spacial score (nSPS) is 14.6. The molecule has 244 valence electrons. The number of ether oxygens (including phenoxy) is 2. The number of unbranched alkanes of at least 4 members (excludes halogenated alkanes) is 1. The molecule has 45 heavy (non-hydrogen) atoms. The Morgan fingerprint density at radius 1 is 1.11 bits per heavy atom. The maximum atomic E-state index is 11.6. The van der Waals surface area contributed by atoms with E-state index in [1.54, 1.807) is 13.2 Å². The molecule has 1 aliphatic rings. The molecule has 0 bridgehead atoms. The van der Waals surface area contributed by atoms with E-state index in [2.05, 4.69) is 30.2 Å². The summed E-state index contributed by atoms with van der Waals surface area (Å²) >= 11 is 0. The zero-order chi connectivity index (χ0) is 33.8. The molecule has 0 unspecified atom stereocenters.